The molecule has 0 saturated heterocycles. The van der Waals surface area contributed by atoms with Gasteiger partial charge in [0.05, 0.1) is 0 Å². The van der Waals surface area contributed by atoms with Gasteiger partial charge in [0.2, 0.25) is 0 Å². The molecule has 0 spiro atoms. The van der Waals surface area contributed by atoms with Crippen LogP contribution in [0.25, 0.3) is 39.5 Å². The normalized spacial score (nSPS) is 14.6. The van der Waals surface area contributed by atoms with Crippen molar-refractivity contribution >= 4 is 6.08 Å². The van der Waals surface area contributed by atoms with Crippen molar-refractivity contribution in [2.45, 2.75) is 25.7 Å². The molecule has 146 valence electrons. The fourth-order valence-electron chi connectivity index (χ4n) is 4.60. The lowest BCUT2D eigenvalue weighted by Crippen LogP contribution is -1.94. The minimum absolute atomic E-state index is 0.552. The van der Waals surface area contributed by atoms with Gasteiger partial charge in [-0.3, -0.25) is 0 Å². The summed E-state index contributed by atoms with van der Waals surface area (Å²) in [6.45, 7) is 2.27. The number of hydrogen-bond acceptors (Lipinski definition) is 0. The molecular weight excluding hydrogens is 360 g/mol. The van der Waals surface area contributed by atoms with Crippen molar-refractivity contribution in [3.8, 4) is 33.4 Å². The van der Waals surface area contributed by atoms with E-state index < -0.39 is 0 Å². The molecule has 0 heteroatoms. The summed E-state index contributed by atoms with van der Waals surface area (Å²) in [6.07, 6.45) is 7.14. The summed E-state index contributed by atoms with van der Waals surface area (Å²) in [4.78, 5) is 0. The Labute approximate surface area is 179 Å². The second-order valence-corrected chi connectivity index (χ2v) is 8.09. The Kier molecular flexibility index (Phi) is 5.07. The predicted molar refractivity (Wildman–Crippen MR) is 129 cm³/mol. The van der Waals surface area contributed by atoms with Gasteiger partial charge in [0, 0.05) is 5.92 Å². The summed E-state index contributed by atoms with van der Waals surface area (Å²) in [5.74, 6) is 0.552. The molecule has 0 nitrogen and oxygen atoms in total. The highest BCUT2D eigenvalue weighted by Crippen LogP contribution is 2.41. The fraction of sp³-hybridized carbons (Fsp3) is 0.133. The Balaban J connectivity index is 1.69. The molecule has 0 heterocycles. The van der Waals surface area contributed by atoms with Crippen LogP contribution in [0.3, 0.4) is 0 Å². The van der Waals surface area contributed by atoms with E-state index >= 15 is 0 Å². The highest BCUT2D eigenvalue weighted by atomic mass is 14.2. The lowest BCUT2D eigenvalue weighted by molar-refractivity contribution is 0.726. The van der Waals surface area contributed by atoms with Crippen LogP contribution in [0.15, 0.2) is 103 Å². The lowest BCUT2D eigenvalue weighted by atomic mass is 9.89. The summed E-state index contributed by atoms with van der Waals surface area (Å²) in [7, 11) is 0. The quantitative estimate of drug-likeness (QED) is 0.322. The Hall–Kier alpha value is -3.38. The SMILES string of the molecule is CCCC1C=Cc2c(-c3cc(-c4ccccc4)cc(-c4ccccc4)c3)cccc21. The van der Waals surface area contributed by atoms with E-state index in [0.29, 0.717) is 5.92 Å². The third-order valence-corrected chi connectivity index (χ3v) is 6.09. The molecule has 30 heavy (non-hydrogen) atoms. The van der Waals surface area contributed by atoms with E-state index in [-0.39, 0.29) is 0 Å². The molecule has 0 aliphatic heterocycles. The number of fused-ring (bicyclic) bond motifs is 1. The van der Waals surface area contributed by atoms with Crippen molar-refractivity contribution < 1.29 is 0 Å². The zero-order valence-electron chi connectivity index (χ0n) is 17.4. The predicted octanol–water partition coefficient (Wildman–Crippen LogP) is 8.60. The highest BCUT2D eigenvalue weighted by Gasteiger charge is 2.20. The molecule has 0 bridgehead atoms. The largest absolute Gasteiger partial charge is 0.0764 e. The van der Waals surface area contributed by atoms with Gasteiger partial charge < -0.3 is 0 Å². The van der Waals surface area contributed by atoms with Crippen LogP contribution in [0.4, 0.5) is 0 Å². The van der Waals surface area contributed by atoms with Gasteiger partial charge in [-0.05, 0) is 69.1 Å². The maximum absolute atomic E-state index is 2.39. The van der Waals surface area contributed by atoms with Gasteiger partial charge in [-0.25, -0.2) is 0 Å². The molecule has 0 amide bonds. The molecule has 1 aliphatic carbocycles. The van der Waals surface area contributed by atoms with Crippen LogP contribution in [0, 0.1) is 0 Å². The van der Waals surface area contributed by atoms with Crippen LogP contribution >= 0.6 is 0 Å². The number of hydrogen-bond donors (Lipinski definition) is 0. The van der Waals surface area contributed by atoms with E-state index in [1.165, 1.54) is 57.3 Å². The molecule has 0 N–H and O–H groups in total. The number of allylic oxidation sites excluding steroid dienone is 1. The minimum atomic E-state index is 0.552. The molecule has 4 aromatic rings. The van der Waals surface area contributed by atoms with Crippen LogP contribution in [-0.4, -0.2) is 0 Å². The summed E-state index contributed by atoms with van der Waals surface area (Å²) < 4.78 is 0. The van der Waals surface area contributed by atoms with Crippen LogP contribution in [0.2, 0.25) is 0 Å². The highest BCUT2D eigenvalue weighted by molar-refractivity contribution is 5.86. The first-order chi connectivity index (χ1) is 14.8. The monoisotopic (exact) mass is 386 g/mol. The zero-order valence-corrected chi connectivity index (χ0v) is 17.4. The maximum Gasteiger partial charge on any atom is 0.00273 e. The van der Waals surface area contributed by atoms with Crippen molar-refractivity contribution in [2.75, 3.05) is 0 Å². The first kappa shape index (κ1) is 18.6. The van der Waals surface area contributed by atoms with Gasteiger partial charge in [0.1, 0.15) is 0 Å². The molecule has 0 aromatic heterocycles. The number of benzene rings is 4. The molecular formula is C30H26. The Morgan fingerprint density at radius 1 is 0.600 bits per heavy atom. The average Bonchev–Trinajstić information content (AvgIpc) is 3.23. The third-order valence-electron chi connectivity index (χ3n) is 6.09. The van der Waals surface area contributed by atoms with Crippen molar-refractivity contribution in [2.24, 2.45) is 0 Å². The first-order valence-electron chi connectivity index (χ1n) is 10.9. The van der Waals surface area contributed by atoms with Crippen molar-refractivity contribution in [3.63, 3.8) is 0 Å². The van der Waals surface area contributed by atoms with E-state index in [1.807, 2.05) is 0 Å². The average molecular weight is 387 g/mol. The van der Waals surface area contributed by atoms with Crippen LogP contribution in [0.5, 0.6) is 0 Å². The summed E-state index contributed by atoms with van der Waals surface area (Å²) >= 11 is 0. The van der Waals surface area contributed by atoms with Crippen LogP contribution < -0.4 is 0 Å². The van der Waals surface area contributed by atoms with Crippen LogP contribution in [0.1, 0.15) is 36.8 Å². The van der Waals surface area contributed by atoms with Crippen molar-refractivity contribution in [1.82, 2.24) is 0 Å². The van der Waals surface area contributed by atoms with Gasteiger partial charge in [0.25, 0.3) is 0 Å². The van der Waals surface area contributed by atoms with Crippen LogP contribution in [-0.2, 0) is 0 Å². The first-order valence-corrected chi connectivity index (χ1v) is 10.9. The van der Waals surface area contributed by atoms with Crippen molar-refractivity contribution in [1.29, 1.82) is 0 Å². The van der Waals surface area contributed by atoms with Gasteiger partial charge in [-0.15, -0.1) is 0 Å². The smallest absolute Gasteiger partial charge is 0.00273 e. The van der Waals surface area contributed by atoms with Crippen molar-refractivity contribution in [3.05, 3.63) is 114 Å². The van der Waals surface area contributed by atoms with E-state index in [2.05, 4.69) is 116 Å². The molecule has 0 radical (unpaired) electrons. The summed E-state index contributed by atoms with van der Waals surface area (Å²) in [5, 5.41) is 0. The molecule has 5 rings (SSSR count). The summed E-state index contributed by atoms with van der Waals surface area (Å²) in [5.41, 5.74) is 10.5. The zero-order chi connectivity index (χ0) is 20.3. The molecule has 1 unspecified atom stereocenters. The second kappa shape index (κ2) is 8.16. The molecule has 0 saturated carbocycles. The van der Waals surface area contributed by atoms with Gasteiger partial charge in [-0.1, -0.05) is 104 Å². The second-order valence-electron chi connectivity index (χ2n) is 8.09. The van der Waals surface area contributed by atoms with Gasteiger partial charge >= 0.3 is 0 Å². The fourth-order valence-corrected chi connectivity index (χ4v) is 4.60. The van der Waals surface area contributed by atoms with E-state index in [1.54, 1.807) is 0 Å². The molecule has 0 fully saturated rings. The van der Waals surface area contributed by atoms with E-state index in [0.717, 1.165) is 0 Å². The van der Waals surface area contributed by atoms with E-state index in [9.17, 15) is 0 Å². The van der Waals surface area contributed by atoms with E-state index in [4.69, 9.17) is 0 Å². The summed E-state index contributed by atoms with van der Waals surface area (Å²) in [6, 6.07) is 35.2. The Morgan fingerprint density at radius 3 is 1.80 bits per heavy atom. The standard InChI is InChI=1S/C30H26/c1-2-10-24-17-18-30-28(24)15-9-16-29(30)27-20-25(22-11-5-3-6-12-22)19-26(21-27)23-13-7-4-8-14-23/h3-9,11-21,24H,2,10H2,1H3. The maximum atomic E-state index is 2.39. The van der Waals surface area contributed by atoms with Gasteiger partial charge in [-0.2, -0.15) is 0 Å². The Bertz CT molecular complexity index is 1130. The minimum Gasteiger partial charge on any atom is -0.0764 e. The molecule has 4 aromatic carbocycles. The molecule has 1 atom stereocenters. The lowest BCUT2D eigenvalue weighted by Gasteiger charge is -2.15. The molecule has 1 aliphatic rings. The third kappa shape index (κ3) is 3.50. The van der Waals surface area contributed by atoms with Gasteiger partial charge in [0.15, 0.2) is 0 Å². The number of rotatable bonds is 5. The topological polar surface area (TPSA) is 0 Å². The Morgan fingerprint density at radius 2 is 1.20 bits per heavy atom.